The van der Waals surface area contributed by atoms with Gasteiger partial charge in [-0.05, 0) is 6.08 Å². The maximum absolute atomic E-state index is 10.3. The molecule has 108 valence electrons. The number of carbonyl (C=O) groups is 1. The highest BCUT2D eigenvalue weighted by Gasteiger charge is 2.20. The molecule has 1 atom stereocenters. The lowest BCUT2D eigenvalue weighted by atomic mass is 10.3. The van der Waals surface area contributed by atoms with Crippen molar-refractivity contribution in [2.75, 3.05) is 33.6 Å². The number of methoxy groups -OCH3 is 2. The molecular weight excluding hydrogens is 270 g/mol. The Kier molecular flexibility index (Phi) is 8.31. The number of ether oxygens (including phenoxy) is 4. The molecule has 1 aliphatic heterocycles. The van der Waals surface area contributed by atoms with Gasteiger partial charge in [-0.15, -0.1) is 11.8 Å². The molecule has 1 unspecified atom stereocenters. The first-order valence-corrected chi connectivity index (χ1v) is 6.77. The van der Waals surface area contributed by atoms with E-state index in [9.17, 15) is 4.79 Å². The monoisotopic (exact) mass is 289 g/mol. The van der Waals surface area contributed by atoms with Gasteiger partial charge in [-0.3, -0.25) is 0 Å². The smallest absolute Gasteiger partial charge is 0.188 e. The van der Waals surface area contributed by atoms with Gasteiger partial charge in [-0.2, -0.15) is 0 Å². The molecule has 1 heterocycles. The predicted molar refractivity (Wildman–Crippen MR) is 72.2 cm³/mol. The minimum Gasteiger partial charge on any atom is -0.467 e. The van der Waals surface area contributed by atoms with Crippen LogP contribution in [0.4, 0.5) is 0 Å². The van der Waals surface area contributed by atoms with E-state index in [0.29, 0.717) is 12.2 Å². The Bertz CT molecular complexity index is 332. The zero-order chi connectivity index (χ0) is 13.9. The summed E-state index contributed by atoms with van der Waals surface area (Å²) in [5.41, 5.74) is 0. The predicted octanol–water partition coefficient (Wildman–Crippen LogP) is 1.20. The fraction of sp³-hybridized carbons (Fsp3) is 0.583. The van der Waals surface area contributed by atoms with Crippen LogP contribution in [0.15, 0.2) is 22.9 Å². The van der Waals surface area contributed by atoms with Gasteiger partial charge >= 0.3 is 0 Å². The Balaban J connectivity index is 2.55. The summed E-state index contributed by atoms with van der Waals surface area (Å²) < 4.78 is 20.6. The molecule has 0 radical (unpaired) electrons. The van der Waals surface area contributed by atoms with Gasteiger partial charge < -0.3 is 29.1 Å². The SMILES string of the molecule is COCOC1=CC(SCCC=O)=CNC1OCOC. The van der Waals surface area contributed by atoms with E-state index in [1.54, 1.807) is 26.0 Å². The number of allylic oxidation sites excluding steroid dienone is 1. The Morgan fingerprint density at radius 2 is 2.16 bits per heavy atom. The number of rotatable bonds is 10. The van der Waals surface area contributed by atoms with E-state index >= 15 is 0 Å². The Morgan fingerprint density at radius 3 is 2.84 bits per heavy atom. The largest absolute Gasteiger partial charge is 0.467 e. The summed E-state index contributed by atoms with van der Waals surface area (Å²) in [5, 5.41) is 3.07. The highest BCUT2D eigenvalue weighted by Crippen LogP contribution is 2.24. The Hall–Kier alpha value is -1.02. The molecular formula is C12H19NO5S. The van der Waals surface area contributed by atoms with Crippen LogP contribution in [0.1, 0.15) is 6.42 Å². The van der Waals surface area contributed by atoms with E-state index in [0.717, 1.165) is 16.9 Å². The molecule has 0 aromatic rings. The minimum atomic E-state index is -0.398. The van der Waals surface area contributed by atoms with Crippen molar-refractivity contribution in [3.63, 3.8) is 0 Å². The summed E-state index contributed by atoms with van der Waals surface area (Å²) in [5.74, 6) is 1.35. The maximum Gasteiger partial charge on any atom is 0.188 e. The molecule has 0 aromatic carbocycles. The zero-order valence-corrected chi connectivity index (χ0v) is 11.9. The van der Waals surface area contributed by atoms with Crippen LogP contribution in [0.25, 0.3) is 0 Å². The number of aldehydes is 1. The number of thioether (sulfide) groups is 1. The minimum absolute atomic E-state index is 0.145. The van der Waals surface area contributed by atoms with Crippen LogP contribution < -0.4 is 5.32 Å². The van der Waals surface area contributed by atoms with Crippen LogP contribution in [0, 0.1) is 0 Å². The third kappa shape index (κ3) is 6.11. The summed E-state index contributed by atoms with van der Waals surface area (Å²) in [6.45, 7) is 0.305. The molecule has 19 heavy (non-hydrogen) atoms. The Morgan fingerprint density at radius 1 is 1.37 bits per heavy atom. The molecule has 0 spiro atoms. The van der Waals surface area contributed by atoms with Gasteiger partial charge in [-0.25, -0.2) is 0 Å². The number of dihydropyridines is 1. The fourth-order valence-corrected chi connectivity index (χ4v) is 2.12. The highest BCUT2D eigenvalue weighted by molar-refractivity contribution is 8.03. The number of nitrogens with one attached hydrogen (secondary N) is 1. The van der Waals surface area contributed by atoms with Gasteiger partial charge in [-0.1, -0.05) is 0 Å². The van der Waals surface area contributed by atoms with Crippen LogP contribution in [-0.2, 0) is 23.7 Å². The first kappa shape index (κ1) is 16.0. The van der Waals surface area contributed by atoms with Gasteiger partial charge in [0.05, 0.1) is 0 Å². The molecule has 0 fully saturated rings. The van der Waals surface area contributed by atoms with Crippen LogP contribution in [0.2, 0.25) is 0 Å². The standard InChI is InChI=1S/C12H19NO5S/c1-15-8-17-11-6-10(19-5-3-4-14)7-13-12(11)18-9-16-2/h4,6-7,12-13H,3,5,8-9H2,1-2H3. The number of hydrogen-bond acceptors (Lipinski definition) is 7. The lowest BCUT2D eigenvalue weighted by Crippen LogP contribution is -2.34. The van der Waals surface area contributed by atoms with E-state index in [-0.39, 0.29) is 13.6 Å². The topological polar surface area (TPSA) is 66.0 Å². The summed E-state index contributed by atoms with van der Waals surface area (Å²) in [4.78, 5) is 11.3. The highest BCUT2D eigenvalue weighted by atomic mass is 32.2. The van der Waals surface area contributed by atoms with Gasteiger partial charge in [0.25, 0.3) is 0 Å². The summed E-state index contributed by atoms with van der Waals surface area (Å²) in [6.07, 6.45) is 4.72. The molecule has 7 heteroatoms. The first-order chi connectivity index (χ1) is 9.31. The van der Waals surface area contributed by atoms with Crippen molar-refractivity contribution in [3.05, 3.63) is 22.9 Å². The fourth-order valence-electron chi connectivity index (χ4n) is 1.32. The quantitative estimate of drug-likeness (QED) is 0.368. The molecule has 0 amide bonds. The van der Waals surface area contributed by atoms with E-state index in [1.807, 2.05) is 12.3 Å². The van der Waals surface area contributed by atoms with Crippen LogP contribution >= 0.6 is 11.8 Å². The summed E-state index contributed by atoms with van der Waals surface area (Å²) in [6, 6.07) is 0. The second-order valence-corrected chi connectivity index (χ2v) is 4.74. The van der Waals surface area contributed by atoms with Crippen LogP contribution in [0.3, 0.4) is 0 Å². The third-order valence-electron chi connectivity index (χ3n) is 2.12. The second kappa shape index (κ2) is 9.85. The lowest BCUT2D eigenvalue weighted by Gasteiger charge is -2.25. The zero-order valence-electron chi connectivity index (χ0n) is 11.1. The van der Waals surface area contributed by atoms with Crippen molar-refractivity contribution in [1.82, 2.24) is 5.32 Å². The van der Waals surface area contributed by atoms with E-state index < -0.39 is 6.23 Å². The van der Waals surface area contributed by atoms with Gasteiger partial charge in [0.15, 0.2) is 13.0 Å². The number of hydrogen-bond donors (Lipinski definition) is 1. The average molecular weight is 289 g/mol. The summed E-state index contributed by atoms with van der Waals surface area (Å²) in [7, 11) is 3.11. The van der Waals surface area contributed by atoms with E-state index in [4.69, 9.17) is 18.9 Å². The van der Waals surface area contributed by atoms with Crippen molar-refractivity contribution >= 4 is 18.0 Å². The molecule has 1 N–H and O–H groups in total. The van der Waals surface area contributed by atoms with Gasteiger partial charge in [0.1, 0.15) is 18.8 Å². The van der Waals surface area contributed by atoms with Gasteiger partial charge in [0.2, 0.25) is 0 Å². The molecule has 0 aliphatic carbocycles. The van der Waals surface area contributed by atoms with Crippen molar-refractivity contribution in [2.24, 2.45) is 0 Å². The Labute approximate surface area is 117 Å². The summed E-state index contributed by atoms with van der Waals surface area (Å²) >= 11 is 1.57. The first-order valence-electron chi connectivity index (χ1n) is 5.78. The second-order valence-electron chi connectivity index (χ2n) is 3.57. The number of carbonyl (C=O) groups excluding carboxylic acids is 1. The van der Waals surface area contributed by atoms with Gasteiger partial charge in [0, 0.05) is 37.5 Å². The molecule has 0 aromatic heterocycles. The van der Waals surface area contributed by atoms with Crippen molar-refractivity contribution in [3.8, 4) is 0 Å². The van der Waals surface area contributed by atoms with E-state index in [2.05, 4.69) is 5.32 Å². The van der Waals surface area contributed by atoms with E-state index in [1.165, 1.54) is 0 Å². The molecule has 0 bridgehead atoms. The molecule has 6 nitrogen and oxygen atoms in total. The third-order valence-corrected chi connectivity index (χ3v) is 3.13. The van der Waals surface area contributed by atoms with Crippen LogP contribution in [0.5, 0.6) is 0 Å². The molecule has 1 rings (SSSR count). The lowest BCUT2D eigenvalue weighted by molar-refractivity contribution is -0.107. The van der Waals surface area contributed by atoms with Crippen molar-refractivity contribution in [2.45, 2.75) is 12.6 Å². The maximum atomic E-state index is 10.3. The average Bonchev–Trinajstić information content (AvgIpc) is 2.44. The van der Waals surface area contributed by atoms with Crippen LogP contribution in [-0.4, -0.2) is 46.1 Å². The molecule has 0 saturated carbocycles. The van der Waals surface area contributed by atoms with Crippen molar-refractivity contribution < 1.29 is 23.7 Å². The molecule has 0 saturated heterocycles. The normalized spacial score (nSPS) is 18.3. The molecule has 1 aliphatic rings. The van der Waals surface area contributed by atoms with Crippen molar-refractivity contribution in [1.29, 1.82) is 0 Å².